The average Bonchev–Trinajstić information content (AvgIpc) is 3.57. The molecule has 2 aliphatic heterocycles. The molecule has 11 heteroatoms. The molecule has 0 saturated carbocycles. The first kappa shape index (κ1) is 25.3. The zero-order valence-corrected chi connectivity index (χ0v) is 22.5. The Morgan fingerprint density at radius 3 is 2.81 bits per heavy atom. The lowest BCUT2D eigenvalue weighted by Crippen LogP contribution is -2.52. The Hall–Kier alpha value is -2.40. The topological polar surface area (TPSA) is 74.8 Å². The Bertz CT molecular complexity index is 1340. The molecule has 2 aromatic carbocycles. The monoisotopic (exact) mass is 550 g/mol. The molecule has 1 N–H and O–H groups in total. The molecular formula is C25H28ClFN4O3S2. The molecule has 0 bridgehead atoms. The van der Waals surface area contributed by atoms with Crippen LogP contribution in [0.2, 0.25) is 5.02 Å². The highest BCUT2D eigenvalue weighted by Gasteiger charge is 2.51. The van der Waals surface area contributed by atoms with Gasteiger partial charge in [-0.1, -0.05) is 23.7 Å². The number of benzene rings is 2. The van der Waals surface area contributed by atoms with E-state index in [0.29, 0.717) is 11.6 Å². The number of fused-ring (bicyclic) bond motifs is 1. The zero-order valence-electron chi connectivity index (χ0n) is 20.1. The van der Waals surface area contributed by atoms with Crippen LogP contribution in [-0.4, -0.2) is 51.2 Å². The summed E-state index contributed by atoms with van der Waals surface area (Å²) in [5.41, 5.74) is 1.46. The van der Waals surface area contributed by atoms with E-state index in [2.05, 4.69) is 26.7 Å². The molecular weight excluding hydrogens is 523 g/mol. The van der Waals surface area contributed by atoms with Crippen molar-refractivity contribution in [2.45, 2.75) is 36.2 Å². The van der Waals surface area contributed by atoms with Gasteiger partial charge in [-0.25, -0.2) is 17.8 Å². The minimum absolute atomic E-state index is 0.168. The normalized spacial score (nSPS) is 21.9. The summed E-state index contributed by atoms with van der Waals surface area (Å²) in [5, 5.41) is 1.99. The highest BCUT2D eigenvalue weighted by molar-refractivity contribution is 7.93. The minimum atomic E-state index is -4.16. The number of anilines is 2. The van der Waals surface area contributed by atoms with E-state index < -0.39 is 20.7 Å². The van der Waals surface area contributed by atoms with Crippen LogP contribution >= 0.6 is 22.9 Å². The molecule has 2 saturated heterocycles. The fourth-order valence-corrected chi connectivity index (χ4v) is 7.88. The lowest BCUT2D eigenvalue weighted by molar-refractivity contribution is 0.194. The fourth-order valence-electron chi connectivity index (χ4n) is 5.65. The summed E-state index contributed by atoms with van der Waals surface area (Å²) >= 11 is 7.71. The predicted molar refractivity (Wildman–Crippen MR) is 141 cm³/mol. The molecule has 7 nitrogen and oxygen atoms in total. The quantitative estimate of drug-likeness (QED) is 0.414. The average molecular weight is 551 g/mol. The maximum Gasteiger partial charge on any atom is 0.266 e. The predicted octanol–water partition coefficient (Wildman–Crippen LogP) is 5.24. The van der Waals surface area contributed by atoms with Gasteiger partial charge in [-0.2, -0.15) is 0 Å². The summed E-state index contributed by atoms with van der Waals surface area (Å²) in [6.07, 6.45) is 5.31. The molecule has 192 valence electrons. The van der Waals surface area contributed by atoms with Crippen LogP contribution in [0.3, 0.4) is 0 Å². The van der Waals surface area contributed by atoms with Gasteiger partial charge in [0.05, 0.1) is 23.5 Å². The number of methoxy groups -OCH3 is 1. The highest BCUT2D eigenvalue weighted by atomic mass is 35.5. The van der Waals surface area contributed by atoms with Crippen LogP contribution in [0.15, 0.2) is 52.9 Å². The molecule has 0 spiro atoms. The Morgan fingerprint density at radius 1 is 1.33 bits per heavy atom. The second kappa shape index (κ2) is 9.81. The Morgan fingerprint density at radius 2 is 2.11 bits per heavy atom. The molecule has 2 aliphatic rings. The number of thiazole rings is 1. The number of halogens is 2. The van der Waals surface area contributed by atoms with Crippen molar-refractivity contribution in [2.24, 2.45) is 5.92 Å². The van der Waals surface area contributed by atoms with Crippen LogP contribution in [0.25, 0.3) is 0 Å². The minimum Gasteiger partial charge on any atom is -0.497 e. The summed E-state index contributed by atoms with van der Waals surface area (Å²) in [6.45, 7) is 1.91. The van der Waals surface area contributed by atoms with Gasteiger partial charge < -0.3 is 9.64 Å². The van der Waals surface area contributed by atoms with Crippen molar-refractivity contribution in [1.29, 1.82) is 0 Å². The van der Waals surface area contributed by atoms with E-state index in [1.165, 1.54) is 23.9 Å². The number of sulfonamides is 1. The van der Waals surface area contributed by atoms with E-state index in [9.17, 15) is 8.42 Å². The van der Waals surface area contributed by atoms with Gasteiger partial charge in [0.15, 0.2) is 5.13 Å². The van der Waals surface area contributed by atoms with E-state index in [1.807, 2.05) is 24.1 Å². The van der Waals surface area contributed by atoms with Gasteiger partial charge in [-0.3, -0.25) is 9.62 Å². The number of nitrogens with zero attached hydrogens (tertiary/aromatic N) is 3. The van der Waals surface area contributed by atoms with E-state index in [1.54, 1.807) is 12.5 Å². The van der Waals surface area contributed by atoms with Gasteiger partial charge in [0, 0.05) is 37.8 Å². The van der Waals surface area contributed by atoms with Gasteiger partial charge in [-0.15, -0.1) is 11.3 Å². The summed E-state index contributed by atoms with van der Waals surface area (Å²) in [5.74, 6) is 0.428. The number of nitrogens with one attached hydrogen (secondary N) is 1. The summed E-state index contributed by atoms with van der Waals surface area (Å²) in [7, 11) is -0.577. The van der Waals surface area contributed by atoms with Crippen molar-refractivity contribution in [3.05, 3.63) is 64.4 Å². The van der Waals surface area contributed by atoms with Gasteiger partial charge >= 0.3 is 0 Å². The third kappa shape index (κ3) is 4.67. The molecule has 1 aromatic heterocycles. The first-order valence-electron chi connectivity index (χ1n) is 11.7. The number of hydrogen-bond acceptors (Lipinski definition) is 7. The summed E-state index contributed by atoms with van der Waals surface area (Å²) in [4.78, 5) is 7.92. The molecule has 2 fully saturated rings. The van der Waals surface area contributed by atoms with E-state index in [-0.39, 0.29) is 15.8 Å². The highest BCUT2D eigenvalue weighted by Crippen LogP contribution is 2.47. The lowest BCUT2D eigenvalue weighted by atomic mass is 9.91. The van der Waals surface area contributed by atoms with Gasteiger partial charge in [-0.05, 0) is 55.4 Å². The molecule has 2 atom stereocenters. The SMILES string of the molecule is COc1ccc(C[C@@H]2CN3CCC[C@@]3(N(C)c3cc(F)c(S(=O)(=O)Nc4nccs4)cc3Cl)C2)cc1. The Balaban J connectivity index is 1.38. The van der Waals surface area contributed by atoms with Gasteiger partial charge in [0.1, 0.15) is 16.5 Å². The summed E-state index contributed by atoms with van der Waals surface area (Å²) < 4.78 is 48.4. The van der Waals surface area contributed by atoms with Crippen LogP contribution in [0, 0.1) is 11.7 Å². The molecule has 3 heterocycles. The van der Waals surface area contributed by atoms with Gasteiger partial charge in [0.2, 0.25) is 0 Å². The van der Waals surface area contributed by atoms with Crippen LogP contribution in [-0.2, 0) is 16.4 Å². The van der Waals surface area contributed by atoms with Crippen molar-refractivity contribution < 1.29 is 17.5 Å². The zero-order chi connectivity index (χ0) is 25.5. The van der Waals surface area contributed by atoms with E-state index >= 15 is 4.39 Å². The van der Waals surface area contributed by atoms with Crippen molar-refractivity contribution >= 4 is 43.8 Å². The van der Waals surface area contributed by atoms with Gasteiger partial charge in [0.25, 0.3) is 10.0 Å². The number of rotatable bonds is 8. The van der Waals surface area contributed by atoms with Crippen LogP contribution in [0.1, 0.15) is 24.8 Å². The van der Waals surface area contributed by atoms with Crippen LogP contribution in [0.4, 0.5) is 15.2 Å². The van der Waals surface area contributed by atoms with Crippen LogP contribution in [0.5, 0.6) is 5.75 Å². The fraction of sp³-hybridized carbons (Fsp3) is 0.400. The largest absolute Gasteiger partial charge is 0.497 e. The molecule has 5 rings (SSSR count). The maximum atomic E-state index is 15.2. The number of ether oxygens (including phenoxy) is 1. The van der Waals surface area contributed by atoms with E-state index in [4.69, 9.17) is 16.3 Å². The van der Waals surface area contributed by atoms with E-state index in [0.717, 1.165) is 55.9 Å². The van der Waals surface area contributed by atoms with Crippen molar-refractivity contribution in [1.82, 2.24) is 9.88 Å². The van der Waals surface area contributed by atoms with Crippen LogP contribution < -0.4 is 14.4 Å². The number of aromatic nitrogens is 1. The Labute approximate surface area is 219 Å². The van der Waals surface area contributed by atoms with Crippen molar-refractivity contribution in [3.8, 4) is 5.75 Å². The molecule has 3 aromatic rings. The molecule has 0 radical (unpaired) electrons. The molecule has 0 aliphatic carbocycles. The Kier molecular flexibility index (Phi) is 6.88. The first-order valence-corrected chi connectivity index (χ1v) is 14.5. The molecule has 0 amide bonds. The third-order valence-electron chi connectivity index (χ3n) is 7.30. The number of hydrogen-bond donors (Lipinski definition) is 1. The standard InChI is InChI=1S/C25H28ClFN4O3S2/c1-30(22-14-21(27)23(13-20(22)26)36(32,33)29-24-28-9-11-35-24)25-8-3-10-31(25)16-18(15-25)12-17-4-6-19(34-2)7-5-17/h4-7,9,11,13-14,18H,3,8,10,12,15-16H2,1-2H3,(H,28,29)/t18-,25-/m0/s1. The second-order valence-electron chi connectivity index (χ2n) is 9.39. The maximum absolute atomic E-state index is 15.2. The first-order chi connectivity index (χ1) is 17.2. The lowest BCUT2D eigenvalue weighted by Gasteiger charge is -2.43. The smallest absolute Gasteiger partial charge is 0.266 e. The van der Waals surface area contributed by atoms with Crippen molar-refractivity contribution in [3.63, 3.8) is 0 Å². The van der Waals surface area contributed by atoms with Crippen molar-refractivity contribution in [2.75, 3.05) is 36.9 Å². The molecule has 0 unspecified atom stereocenters. The third-order valence-corrected chi connectivity index (χ3v) is 9.78. The summed E-state index contributed by atoms with van der Waals surface area (Å²) in [6, 6.07) is 10.6. The molecule has 36 heavy (non-hydrogen) atoms. The second-order valence-corrected chi connectivity index (χ2v) is 12.3.